The van der Waals surface area contributed by atoms with Crippen molar-refractivity contribution < 1.29 is 23.1 Å². The molecule has 0 radical (unpaired) electrons. The summed E-state index contributed by atoms with van der Waals surface area (Å²) >= 11 is 0. The predicted octanol–water partition coefficient (Wildman–Crippen LogP) is 3.26. The van der Waals surface area contributed by atoms with Crippen molar-refractivity contribution in [3.63, 3.8) is 0 Å². The van der Waals surface area contributed by atoms with Gasteiger partial charge in [-0.15, -0.1) is 0 Å². The quantitative estimate of drug-likeness (QED) is 0.519. The fourth-order valence-electron chi connectivity index (χ4n) is 3.90. The summed E-state index contributed by atoms with van der Waals surface area (Å²) in [5.41, 5.74) is 1.61. The molecule has 0 saturated heterocycles. The van der Waals surface area contributed by atoms with Crippen LogP contribution in [0.5, 0.6) is 0 Å². The zero-order valence-corrected chi connectivity index (χ0v) is 17.9. The minimum Gasteiger partial charge on any atom is -0.481 e. The van der Waals surface area contributed by atoms with Gasteiger partial charge in [0.25, 0.3) is 10.0 Å². The van der Waals surface area contributed by atoms with Crippen LogP contribution in [0.15, 0.2) is 59.6 Å². The van der Waals surface area contributed by atoms with Gasteiger partial charge < -0.3 is 10.4 Å². The molecule has 1 amide bonds. The van der Waals surface area contributed by atoms with Gasteiger partial charge in [0.15, 0.2) is 5.82 Å². The van der Waals surface area contributed by atoms with E-state index in [1.165, 1.54) is 30.5 Å². The molecule has 1 saturated carbocycles. The molecule has 4 rings (SSSR count). The third-order valence-corrected chi connectivity index (χ3v) is 6.91. The Bertz CT molecular complexity index is 1260. The Labute approximate surface area is 185 Å². The molecule has 1 aliphatic rings. The molecule has 1 aromatic heterocycles. The number of carboxylic acids is 1. The molecule has 2 atom stereocenters. The SMILES string of the molecule is O=C(O)C1CCCCC1C(=O)Nc1ccc(S(=O)(=O)Nc2cnc3ccccc3n2)cc1. The summed E-state index contributed by atoms with van der Waals surface area (Å²) in [6.07, 6.45) is 3.95. The minimum atomic E-state index is -3.91. The van der Waals surface area contributed by atoms with Gasteiger partial charge in [0.1, 0.15) is 0 Å². The third kappa shape index (κ3) is 4.70. The van der Waals surface area contributed by atoms with Gasteiger partial charge in [-0.1, -0.05) is 25.0 Å². The van der Waals surface area contributed by atoms with Gasteiger partial charge in [0, 0.05) is 5.69 Å². The summed E-state index contributed by atoms with van der Waals surface area (Å²) in [5.74, 6) is -2.53. The number of hydrogen-bond acceptors (Lipinski definition) is 6. The van der Waals surface area contributed by atoms with Crippen molar-refractivity contribution in [2.24, 2.45) is 11.8 Å². The van der Waals surface area contributed by atoms with E-state index in [0.29, 0.717) is 29.6 Å². The molecule has 2 unspecified atom stereocenters. The second kappa shape index (κ2) is 8.91. The second-order valence-corrected chi connectivity index (χ2v) is 9.38. The highest BCUT2D eigenvalue weighted by molar-refractivity contribution is 7.92. The van der Waals surface area contributed by atoms with Gasteiger partial charge in [-0.25, -0.2) is 13.4 Å². The van der Waals surface area contributed by atoms with Gasteiger partial charge in [0.2, 0.25) is 5.91 Å². The number of rotatable bonds is 6. The monoisotopic (exact) mass is 454 g/mol. The lowest BCUT2D eigenvalue weighted by molar-refractivity contribution is -0.147. The van der Waals surface area contributed by atoms with Crippen molar-refractivity contribution >= 4 is 44.4 Å². The number of anilines is 2. The summed E-state index contributed by atoms with van der Waals surface area (Å²) in [5, 5.41) is 12.1. The number of carboxylic acid groups (broad SMARTS) is 1. The number of aromatic nitrogens is 2. The van der Waals surface area contributed by atoms with Gasteiger partial charge in [-0.3, -0.25) is 19.3 Å². The van der Waals surface area contributed by atoms with Gasteiger partial charge >= 0.3 is 5.97 Å². The Hall–Kier alpha value is -3.53. The van der Waals surface area contributed by atoms with E-state index in [4.69, 9.17) is 0 Å². The third-order valence-electron chi connectivity index (χ3n) is 5.54. The number of carbonyl (C=O) groups is 2. The van der Waals surface area contributed by atoms with E-state index in [9.17, 15) is 23.1 Å². The van der Waals surface area contributed by atoms with Crippen LogP contribution in [0.2, 0.25) is 0 Å². The summed E-state index contributed by atoms with van der Waals surface area (Å²) in [6, 6.07) is 12.8. The maximum absolute atomic E-state index is 12.7. The molecule has 3 aromatic rings. The molecule has 10 heteroatoms. The van der Waals surface area contributed by atoms with Crippen LogP contribution >= 0.6 is 0 Å². The van der Waals surface area contributed by atoms with Crippen molar-refractivity contribution in [1.82, 2.24) is 9.97 Å². The average Bonchev–Trinajstić information content (AvgIpc) is 2.79. The minimum absolute atomic E-state index is 0.00784. The summed E-state index contributed by atoms with van der Waals surface area (Å²) < 4.78 is 27.8. The lowest BCUT2D eigenvalue weighted by atomic mass is 9.78. The maximum Gasteiger partial charge on any atom is 0.307 e. The van der Waals surface area contributed by atoms with Crippen molar-refractivity contribution in [2.75, 3.05) is 10.0 Å². The summed E-state index contributed by atoms with van der Waals surface area (Å²) in [7, 11) is -3.91. The second-order valence-electron chi connectivity index (χ2n) is 7.70. The Balaban J connectivity index is 1.46. The van der Waals surface area contributed by atoms with E-state index in [0.717, 1.165) is 12.8 Å². The number of nitrogens with one attached hydrogen (secondary N) is 2. The number of nitrogens with zero attached hydrogens (tertiary/aromatic N) is 2. The molecule has 1 aliphatic carbocycles. The van der Waals surface area contributed by atoms with E-state index in [2.05, 4.69) is 20.0 Å². The molecule has 9 nitrogen and oxygen atoms in total. The zero-order chi connectivity index (χ0) is 22.7. The van der Waals surface area contributed by atoms with Gasteiger partial charge in [0.05, 0.1) is 34.0 Å². The van der Waals surface area contributed by atoms with Gasteiger partial charge in [-0.2, -0.15) is 0 Å². The number of amides is 1. The molecule has 0 aliphatic heterocycles. The van der Waals surface area contributed by atoms with E-state index >= 15 is 0 Å². The summed E-state index contributed by atoms with van der Waals surface area (Å²) in [6.45, 7) is 0. The molecule has 166 valence electrons. The van der Waals surface area contributed by atoms with E-state index in [-0.39, 0.29) is 16.6 Å². The Kier molecular flexibility index (Phi) is 6.04. The number of para-hydroxylation sites is 2. The number of benzene rings is 2. The smallest absolute Gasteiger partial charge is 0.307 e. The van der Waals surface area contributed by atoms with E-state index < -0.39 is 27.8 Å². The molecular formula is C22H22N4O5S. The maximum atomic E-state index is 12.7. The van der Waals surface area contributed by atoms with Crippen molar-refractivity contribution in [1.29, 1.82) is 0 Å². The molecule has 2 aromatic carbocycles. The molecule has 1 heterocycles. The Morgan fingerprint density at radius 3 is 2.28 bits per heavy atom. The number of sulfonamides is 1. The van der Waals surface area contributed by atoms with Crippen molar-refractivity contribution in [3.05, 3.63) is 54.7 Å². The normalized spacial score (nSPS) is 18.8. The van der Waals surface area contributed by atoms with Crippen LogP contribution < -0.4 is 10.0 Å². The molecule has 3 N–H and O–H groups in total. The number of aliphatic carboxylic acids is 1. The highest BCUT2D eigenvalue weighted by atomic mass is 32.2. The first-order valence-corrected chi connectivity index (χ1v) is 11.7. The molecule has 1 fully saturated rings. The lowest BCUT2D eigenvalue weighted by Gasteiger charge is -2.27. The highest BCUT2D eigenvalue weighted by Crippen LogP contribution is 2.31. The molecule has 0 spiro atoms. The van der Waals surface area contributed by atoms with Crippen LogP contribution in [-0.4, -0.2) is 35.4 Å². The van der Waals surface area contributed by atoms with Crippen molar-refractivity contribution in [3.8, 4) is 0 Å². The first-order chi connectivity index (χ1) is 15.3. The number of fused-ring (bicyclic) bond motifs is 1. The largest absolute Gasteiger partial charge is 0.481 e. The molecule has 0 bridgehead atoms. The standard InChI is InChI=1S/C22H22N4O5S/c27-21(16-5-1-2-6-17(16)22(28)29)24-14-9-11-15(12-10-14)32(30,31)26-20-13-23-18-7-3-4-8-19(18)25-20/h3-4,7-13,16-17H,1-2,5-6H2,(H,24,27)(H,25,26)(H,28,29). The number of carbonyl (C=O) groups excluding carboxylic acids is 1. The van der Waals surface area contributed by atoms with Crippen LogP contribution in [0.1, 0.15) is 25.7 Å². The predicted molar refractivity (Wildman–Crippen MR) is 119 cm³/mol. The Morgan fingerprint density at radius 1 is 0.938 bits per heavy atom. The lowest BCUT2D eigenvalue weighted by Crippen LogP contribution is -2.36. The van der Waals surface area contributed by atoms with E-state index in [1.54, 1.807) is 18.2 Å². The fraction of sp³-hybridized carbons (Fsp3) is 0.273. The summed E-state index contributed by atoms with van der Waals surface area (Å²) in [4.78, 5) is 32.5. The fourth-order valence-corrected chi connectivity index (χ4v) is 4.88. The van der Waals surface area contributed by atoms with Crippen LogP contribution in [0.4, 0.5) is 11.5 Å². The molecule has 32 heavy (non-hydrogen) atoms. The average molecular weight is 455 g/mol. The zero-order valence-electron chi connectivity index (χ0n) is 17.1. The van der Waals surface area contributed by atoms with Crippen molar-refractivity contribution in [2.45, 2.75) is 30.6 Å². The van der Waals surface area contributed by atoms with E-state index in [1.807, 2.05) is 6.07 Å². The first-order valence-electron chi connectivity index (χ1n) is 10.2. The van der Waals surface area contributed by atoms with Crippen LogP contribution in [0.25, 0.3) is 11.0 Å². The molecular weight excluding hydrogens is 432 g/mol. The Morgan fingerprint density at radius 2 is 1.59 bits per heavy atom. The van der Waals surface area contributed by atoms with Gasteiger partial charge in [-0.05, 0) is 49.2 Å². The topological polar surface area (TPSA) is 138 Å². The van der Waals surface area contributed by atoms with Crippen LogP contribution in [0, 0.1) is 11.8 Å². The highest BCUT2D eigenvalue weighted by Gasteiger charge is 2.35. The first kappa shape index (κ1) is 21.7. The number of hydrogen-bond donors (Lipinski definition) is 3. The van der Waals surface area contributed by atoms with Crippen LogP contribution in [-0.2, 0) is 19.6 Å². The van der Waals surface area contributed by atoms with Crippen LogP contribution in [0.3, 0.4) is 0 Å².